The highest BCUT2D eigenvalue weighted by atomic mass is 16.2. The first-order valence-corrected chi connectivity index (χ1v) is 10.3. The minimum absolute atomic E-state index is 0.0741. The summed E-state index contributed by atoms with van der Waals surface area (Å²) >= 11 is 0. The first-order valence-electron chi connectivity index (χ1n) is 10.3. The van der Waals surface area contributed by atoms with Crippen LogP contribution in [0.2, 0.25) is 0 Å². The predicted molar refractivity (Wildman–Crippen MR) is 122 cm³/mol. The minimum Gasteiger partial charge on any atom is -0.356 e. The summed E-state index contributed by atoms with van der Waals surface area (Å²) in [4.78, 5) is 36.1. The summed E-state index contributed by atoms with van der Waals surface area (Å²) in [6.07, 6.45) is 4.99. The number of nitrogens with zero attached hydrogens (tertiary/aromatic N) is 3. The Kier molecular flexibility index (Phi) is 5.61. The fourth-order valence-electron chi connectivity index (χ4n) is 3.86. The Hall–Kier alpha value is -3.45. The summed E-state index contributed by atoms with van der Waals surface area (Å²) in [7, 11) is 3.69. The molecule has 1 aromatic carbocycles. The van der Waals surface area contributed by atoms with Gasteiger partial charge in [-0.1, -0.05) is 18.2 Å². The van der Waals surface area contributed by atoms with E-state index in [1.165, 1.54) is 5.56 Å². The number of H-pyrrole nitrogens is 1. The highest BCUT2D eigenvalue weighted by molar-refractivity contribution is 5.94. The van der Waals surface area contributed by atoms with Crippen LogP contribution in [0.1, 0.15) is 35.3 Å². The number of carbonyl (C=O) groups excluding carboxylic acids is 2. The molecule has 1 unspecified atom stereocenters. The van der Waals surface area contributed by atoms with E-state index in [9.17, 15) is 9.59 Å². The number of aromatic amines is 1. The van der Waals surface area contributed by atoms with Crippen molar-refractivity contribution in [3.63, 3.8) is 0 Å². The van der Waals surface area contributed by atoms with Gasteiger partial charge in [-0.05, 0) is 55.6 Å². The molecule has 0 radical (unpaired) electrons. The first kappa shape index (κ1) is 20.8. The molecule has 2 N–H and O–H groups in total. The third kappa shape index (κ3) is 4.36. The van der Waals surface area contributed by atoms with E-state index >= 15 is 0 Å². The molecular formula is C24H27N5O2. The van der Waals surface area contributed by atoms with E-state index < -0.39 is 0 Å². The second kappa shape index (κ2) is 8.35. The van der Waals surface area contributed by atoms with Crippen LogP contribution in [0, 0.1) is 6.92 Å². The van der Waals surface area contributed by atoms with Crippen molar-refractivity contribution in [1.29, 1.82) is 0 Å². The number of carbonyl (C=O) groups is 2. The molecule has 31 heavy (non-hydrogen) atoms. The number of hydrogen-bond donors (Lipinski definition) is 2. The molecule has 0 aliphatic carbocycles. The molecular weight excluding hydrogens is 390 g/mol. The van der Waals surface area contributed by atoms with Crippen LogP contribution < -0.4 is 5.32 Å². The Balaban J connectivity index is 1.49. The van der Waals surface area contributed by atoms with Crippen LogP contribution in [0.4, 0.5) is 5.82 Å². The van der Waals surface area contributed by atoms with Gasteiger partial charge in [-0.3, -0.25) is 14.5 Å². The van der Waals surface area contributed by atoms with Gasteiger partial charge in [0.15, 0.2) is 0 Å². The molecule has 4 rings (SSSR count). The number of amides is 2. The summed E-state index contributed by atoms with van der Waals surface area (Å²) in [5.74, 6) is 0.413. The fraction of sp³-hybridized carbons (Fsp3) is 0.292. The van der Waals surface area contributed by atoms with Crippen LogP contribution in [0.25, 0.3) is 17.0 Å². The number of aryl methyl sites for hydroxylation is 1. The van der Waals surface area contributed by atoms with Gasteiger partial charge in [0, 0.05) is 42.6 Å². The van der Waals surface area contributed by atoms with Crippen molar-refractivity contribution in [2.24, 2.45) is 0 Å². The molecule has 1 aliphatic heterocycles. The van der Waals surface area contributed by atoms with Crippen molar-refractivity contribution in [3.05, 3.63) is 65.0 Å². The molecule has 0 fully saturated rings. The second-order valence-corrected chi connectivity index (χ2v) is 8.22. The maximum atomic E-state index is 12.8. The molecule has 0 bridgehead atoms. The highest BCUT2D eigenvalue weighted by Crippen LogP contribution is 2.25. The number of aromatic nitrogens is 2. The minimum atomic E-state index is -0.0991. The molecule has 160 valence electrons. The predicted octanol–water partition coefficient (Wildman–Crippen LogP) is 3.49. The van der Waals surface area contributed by atoms with Crippen LogP contribution >= 0.6 is 0 Å². The van der Waals surface area contributed by atoms with E-state index in [2.05, 4.69) is 40.4 Å². The van der Waals surface area contributed by atoms with Crippen LogP contribution in [0.15, 0.2) is 42.6 Å². The Morgan fingerprint density at radius 2 is 2.10 bits per heavy atom. The number of hydrogen-bond acceptors (Lipinski definition) is 4. The van der Waals surface area contributed by atoms with Gasteiger partial charge >= 0.3 is 0 Å². The normalized spacial score (nSPS) is 15.5. The van der Waals surface area contributed by atoms with Crippen LogP contribution in [0.5, 0.6) is 0 Å². The van der Waals surface area contributed by atoms with Gasteiger partial charge in [0.25, 0.3) is 0 Å². The number of anilines is 1. The summed E-state index contributed by atoms with van der Waals surface area (Å²) in [5, 5.41) is 3.96. The van der Waals surface area contributed by atoms with Crippen molar-refractivity contribution in [2.45, 2.75) is 26.4 Å². The van der Waals surface area contributed by atoms with E-state index in [-0.39, 0.29) is 17.9 Å². The van der Waals surface area contributed by atoms with Gasteiger partial charge in [-0.15, -0.1) is 0 Å². The number of benzene rings is 1. The Morgan fingerprint density at radius 3 is 2.87 bits per heavy atom. The summed E-state index contributed by atoms with van der Waals surface area (Å²) in [6, 6.07) is 10.1. The molecule has 2 amide bonds. The van der Waals surface area contributed by atoms with Gasteiger partial charge in [0.2, 0.25) is 11.8 Å². The lowest BCUT2D eigenvalue weighted by Gasteiger charge is -2.22. The molecule has 7 heteroatoms. The largest absolute Gasteiger partial charge is 0.356 e. The second-order valence-electron chi connectivity index (χ2n) is 8.22. The lowest BCUT2D eigenvalue weighted by Crippen LogP contribution is -2.28. The van der Waals surface area contributed by atoms with Crippen molar-refractivity contribution in [3.8, 4) is 0 Å². The van der Waals surface area contributed by atoms with Crippen molar-refractivity contribution < 1.29 is 9.59 Å². The van der Waals surface area contributed by atoms with Crippen LogP contribution in [-0.4, -0.2) is 52.2 Å². The molecule has 0 saturated carbocycles. The Bertz CT molecular complexity index is 1180. The number of rotatable bonds is 4. The maximum Gasteiger partial charge on any atom is 0.246 e. The lowest BCUT2D eigenvalue weighted by atomic mass is 10.1. The topological polar surface area (TPSA) is 81.3 Å². The highest BCUT2D eigenvalue weighted by Gasteiger charge is 2.19. The lowest BCUT2D eigenvalue weighted by molar-refractivity contribution is -0.126. The average Bonchev–Trinajstić information content (AvgIpc) is 3.12. The van der Waals surface area contributed by atoms with Crippen molar-refractivity contribution in [1.82, 2.24) is 19.8 Å². The molecule has 1 aliphatic rings. The number of fused-ring (bicyclic) bond motifs is 2. The smallest absolute Gasteiger partial charge is 0.246 e. The molecule has 0 spiro atoms. The fourth-order valence-corrected chi connectivity index (χ4v) is 3.86. The number of likely N-dealkylation sites (N-methyl/N-ethyl adjacent to an activating group) is 2. The van der Waals surface area contributed by atoms with Gasteiger partial charge in [-0.2, -0.15) is 0 Å². The first-order chi connectivity index (χ1) is 14.8. The monoisotopic (exact) mass is 417 g/mol. The van der Waals surface area contributed by atoms with Gasteiger partial charge < -0.3 is 15.2 Å². The Labute approximate surface area is 181 Å². The van der Waals surface area contributed by atoms with Gasteiger partial charge in [-0.25, -0.2) is 4.98 Å². The van der Waals surface area contributed by atoms with E-state index in [1.54, 1.807) is 30.3 Å². The molecule has 3 aromatic rings. The zero-order valence-electron chi connectivity index (χ0n) is 18.3. The van der Waals surface area contributed by atoms with Crippen LogP contribution in [0.3, 0.4) is 0 Å². The zero-order valence-corrected chi connectivity index (χ0v) is 18.3. The summed E-state index contributed by atoms with van der Waals surface area (Å²) < 4.78 is 0. The van der Waals surface area contributed by atoms with Crippen molar-refractivity contribution >= 4 is 34.6 Å². The molecule has 2 aromatic heterocycles. The molecule has 7 nitrogen and oxygen atoms in total. The van der Waals surface area contributed by atoms with E-state index in [1.807, 2.05) is 31.0 Å². The Morgan fingerprint density at radius 1 is 1.29 bits per heavy atom. The maximum absolute atomic E-state index is 12.8. The zero-order chi connectivity index (χ0) is 22.1. The third-order valence-corrected chi connectivity index (χ3v) is 5.78. The van der Waals surface area contributed by atoms with Gasteiger partial charge in [0.05, 0.1) is 12.6 Å². The summed E-state index contributed by atoms with van der Waals surface area (Å²) in [5.41, 5.74) is 5.03. The molecule has 3 heterocycles. The third-order valence-electron chi connectivity index (χ3n) is 5.78. The van der Waals surface area contributed by atoms with E-state index in [0.717, 1.165) is 27.7 Å². The van der Waals surface area contributed by atoms with Crippen molar-refractivity contribution in [2.75, 3.05) is 26.0 Å². The molecule has 1 atom stereocenters. The average molecular weight is 418 g/mol. The summed E-state index contributed by atoms with van der Waals surface area (Å²) in [6.45, 7) is 5.03. The number of para-hydroxylation sites is 1. The van der Waals surface area contributed by atoms with Crippen LogP contribution in [-0.2, 0) is 16.1 Å². The standard InChI is InChI=1S/C24H27N5O2/c1-15-6-5-7-18-11-20(26-23(15)18)16(2)29(4)22(31)9-8-17-10-19-13-28(3)14-21(30)27-24(19)25-12-17/h5-12,16,26H,13-14H2,1-4H3,(H,25,27,30)/b9-8+. The number of pyridine rings is 1. The quantitative estimate of drug-likeness (QED) is 0.637. The van der Waals surface area contributed by atoms with Gasteiger partial charge in [0.1, 0.15) is 5.82 Å². The van der Waals surface area contributed by atoms with E-state index in [0.29, 0.717) is 18.9 Å². The molecule has 0 saturated heterocycles. The van der Waals surface area contributed by atoms with E-state index in [4.69, 9.17) is 0 Å². The number of nitrogens with one attached hydrogen (secondary N) is 2. The SMILES string of the molecule is Cc1cccc2cc(C(C)N(C)C(=O)/C=C/c3cnc4c(c3)CN(C)CC(=O)N4)[nH]c12.